The summed E-state index contributed by atoms with van der Waals surface area (Å²) >= 11 is -1.87. The van der Waals surface area contributed by atoms with Crippen molar-refractivity contribution in [2.75, 3.05) is 6.61 Å². The second kappa shape index (κ2) is 8.54. The number of hydrogen-bond donors (Lipinski definition) is 1. The molecule has 0 aromatic heterocycles. The van der Waals surface area contributed by atoms with E-state index in [2.05, 4.69) is 9.46 Å². The largest absolute Gasteiger partial charge is 0.598 e. The second-order valence-electron chi connectivity index (χ2n) is 6.09. The molecule has 0 amide bonds. The molecule has 1 aromatic rings. The predicted octanol–water partition coefficient (Wildman–Crippen LogP) is 2.73. The SMILES string of the molecule is CCOC(=O)C(F)C(N[S+]([O-])C(C)(C)C)c1cc([N+](=O)[O-])ccc1F. The van der Waals surface area contributed by atoms with Crippen molar-refractivity contribution in [1.82, 2.24) is 4.72 Å². The van der Waals surface area contributed by atoms with Gasteiger partial charge in [0.25, 0.3) is 5.69 Å². The molecule has 3 unspecified atom stereocenters. The van der Waals surface area contributed by atoms with Crippen LogP contribution < -0.4 is 4.72 Å². The first-order chi connectivity index (χ1) is 11.5. The average molecular weight is 378 g/mol. The summed E-state index contributed by atoms with van der Waals surface area (Å²) in [6, 6.07) is 0.798. The van der Waals surface area contributed by atoms with Crippen molar-refractivity contribution in [2.45, 2.75) is 44.7 Å². The normalized spacial score (nSPS) is 15.3. The molecule has 7 nitrogen and oxygen atoms in total. The zero-order valence-electron chi connectivity index (χ0n) is 14.2. The molecule has 3 atom stereocenters. The van der Waals surface area contributed by atoms with Crippen LogP contribution in [0.1, 0.15) is 39.3 Å². The minimum atomic E-state index is -2.40. The van der Waals surface area contributed by atoms with Crippen molar-refractivity contribution < 1.29 is 27.8 Å². The molecule has 0 fully saturated rings. The highest BCUT2D eigenvalue weighted by Gasteiger charge is 2.39. The molecule has 0 saturated carbocycles. The number of halogens is 2. The molecule has 0 aliphatic carbocycles. The van der Waals surface area contributed by atoms with E-state index < -0.39 is 56.3 Å². The van der Waals surface area contributed by atoms with Crippen molar-refractivity contribution in [3.63, 3.8) is 0 Å². The van der Waals surface area contributed by atoms with Gasteiger partial charge in [-0.15, -0.1) is 4.72 Å². The molecule has 0 aliphatic heterocycles. The number of benzene rings is 1. The molecule has 0 saturated heterocycles. The van der Waals surface area contributed by atoms with E-state index in [1.165, 1.54) is 6.92 Å². The lowest BCUT2D eigenvalue weighted by Gasteiger charge is -2.29. The number of nitro benzene ring substituents is 1. The van der Waals surface area contributed by atoms with Gasteiger partial charge in [0.15, 0.2) is 0 Å². The smallest absolute Gasteiger partial charge is 0.342 e. The Balaban J connectivity index is 3.33. The maximum atomic E-state index is 14.6. The number of alkyl halides is 1. The van der Waals surface area contributed by atoms with Gasteiger partial charge in [0.1, 0.15) is 16.6 Å². The molecule has 0 radical (unpaired) electrons. The molecule has 0 aliphatic rings. The third-order valence-corrected chi connectivity index (χ3v) is 4.70. The van der Waals surface area contributed by atoms with Gasteiger partial charge in [0.2, 0.25) is 6.17 Å². The average Bonchev–Trinajstić information content (AvgIpc) is 2.51. The van der Waals surface area contributed by atoms with E-state index in [1.807, 2.05) is 0 Å². The monoisotopic (exact) mass is 378 g/mol. The molecule has 140 valence electrons. The molecule has 1 rings (SSSR count). The van der Waals surface area contributed by atoms with Crippen molar-refractivity contribution in [1.29, 1.82) is 0 Å². The summed E-state index contributed by atoms with van der Waals surface area (Å²) < 4.78 is 47.1. The number of carbonyl (C=O) groups is 1. The zero-order valence-corrected chi connectivity index (χ0v) is 15.1. The van der Waals surface area contributed by atoms with Crippen LogP contribution in [0.5, 0.6) is 0 Å². The van der Waals surface area contributed by atoms with Crippen LogP contribution in [0.2, 0.25) is 0 Å². The number of rotatable bonds is 7. The van der Waals surface area contributed by atoms with Crippen LogP contribution in [0.15, 0.2) is 18.2 Å². The fourth-order valence-electron chi connectivity index (χ4n) is 1.81. The number of nitrogens with zero attached hydrogens (tertiary/aromatic N) is 1. The van der Waals surface area contributed by atoms with Crippen molar-refractivity contribution in [3.05, 3.63) is 39.7 Å². The van der Waals surface area contributed by atoms with Crippen LogP contribution in [-0.4, -0.2) is 33.0 Å². The molecule has 1 aromatic carbocycles. The van der Waals surface area contributed by atoms with Crippen molar-refractivity contribution in [3.8, 4) is 0 Å². The van der Waals surface area contributed by atoms with E-state index >= 15 is 0 Å². The first-order valence-electron chi connectivity index (χ1n) is 7.41. The van der Waals surface area contributed by atoms with E-state index in [0.717, 1.165) is 18.2 Å². The highest BCUT2D eigenvalue weighted by atomic mass is 32.2. The second-order valence-corrected chi connectivity index (χ2v) is 8.09. The van der Waals surface area contributed by atoms with Crippen LogP contribution in [-0.2, 0) is 20.9 Å². The number of hydrogen-bond acceptors (Lipinski definition) is 6. The first kappa shape index (κ1) is 21.3. The summed E-state index contributed by atoms with van der Waals surface area (Å²) in [5, 5.41) is 10.9. The Morgan fingerprint density at radius 1 is 1.44 bits per heavy atom. The summed E-state index contributed by atoms with van der Waals surface area (Å²) in [6.45, 7) is 6.14. The highest BCUT2D eigenvalue weighted by Crippen LogP contribution is 2.29. The predicted molar refractivity (Wildman–Crippen MR) is 88.4 cm³/mol. The Hall–Kier alpha value is -1.78. The highest BCUT2D eigenvalue weighted by molar-refractivity contribution is 7.90. The van der Waals surface area contributed by atoms with Crippen LogP contribution in [0, 0.1) is 15.9 Å². The molecule has 1 N–H and O–H groups in total. The number of nitrogens with one attached hydrogen (secondary N) is 1. The summed E-state index contributed by atoms with van der Waals surface area (Å²) in [5.74, 6) is -2.25. The van der Waals surface area contributed by atoms with Crippen molar-refractivity contribution in [2.24, 2.45) is 0 Å². The Morgan fingerprint density at radius 3 is 2.52 bits per heavy atom. The molecular weight excluding hydrogens is 358 g/mol. The summed E-state index contributed by atoms with van der Waals surface area (Å²) in [7, 11) is 0. The number of non-ortho nitro benzene ring substituents is 1. The molecule has 0 spiro atoms. The summed E-state index contributed by atoms with van der Waals surface area (Å²) in [4.78, 5) is 21.8. The fourth-order valence-corrected chi connectivity index (χ4v) is 2.64. The lowest BCUT2D eigenvalue weighted by molar-refractivity contribution is -0.385. The van der Waals surface area contributed by atoms with Gasteiger partial charge in [-0.1, -0.05) is 0 Å². The van der Waals surface area contributed by atoms with Crippen LogP contribution >= 0.6 is 0 Å². The van der Waals surface area contributed by atoms with Gasteiger partial charge < -0.3 is 9.29 Å². The molecule has 0 heterocycles. The minimum Gasteiger partial charge on any atom is -0.598 e. The van der Waals surface area contributed by atoms with Gasteiger partial charge in [-0.3, -0.25) is 10.1 Å². The zero-order chi connectivity index (χ0) is 19.4. The summed E-state index contributed by atoms with van der Waals surface area (Å²) in [5.41, 5.74) is -0.965. The number of nitro groups is 1. The molecule has 25 heavy (non-hydrogen) atoms. The van der Waals surface area contributed by atoms with Gasteiger partial charge in [0, 0.05) is 29.1 Å². The Kier molecular flexibility index (Phi) is 7.27. The maximum Gasteiger partial charge on any atom is 0.342 e. The van der Waals surface area contributed by atoms with E-state index in [-0.39, 0.29) is 6.61 Å². The van der Waals surface area contributed by atoms with Crippen molar-refractivity contribution >= 4 is 23.0 Å². The molecule has 10 heteroatoms. The van der Waals surface area contributed by atoms with Gasteiger partial charge in [-0.25, -0.2) is 13.6 Å². The van der Waals surface area contributed by atoms with E-state index in [0.29, 0.717) is 0 Å². The standard InChI is InChI=1S/C15H20F2N2O5S/c1-5-24-14(20)12(17)13(18-25(23)15(2,3)4)10-8-9(19(21)22)6-7-11(10)16/h6-8,12-13,18H,5H2,1-4H3. The number of esters is 1. The van der Waals surface area contributed by atoms with Gasteiger partial charge in [-0.2, -0.15) is 0 Å². The number of carbonyl (C=O) groups excluding carboxylic acids is 1. The van der Waals surface area contributed by atoms with Crippen LogP contribution in [0.25, 0.3) is 0 Å². The third-order valence-electron chi connectivity index (χ3n) is 3.12. The van der Waals surface area contributed by atoms with E-state index in [9.17, 15) is 28.2 Å². The summed E-state index contributed by atoms with van der Waals surface area (Å²) in [6.07, 6.45) is -2.40. The topological polar surface area (TPSA) is 105 Å². The lowest BCUT2D eigenvalue weighted by Crippen LogP contribution is -2.46. The first-order valence-corrected chi connectivity index (χ1v) is 8.56. The third kappa shape index (κ3) is 5.62. The molecule has 0 bridgehead atoms. The van der Waals surface area contributed by atoms with Gasteiger partial charge in [0.05, 0.1) is 11.5 Å². The quantitative estimate of drug-likeness (QED) is 0.339. The van der Waals surface area contributed by atoms with Crippen LogP contribution in [0.3, 0.4) is 0 Å². The Morgan fingerprint density at radius 2 is 2.04 bits per heavy atom. The lowest BCUT2D eigenvalue weighted by atomic mass is 10.0. The van der Waals surface area contributed by atoms with E-state index in [4.69, 9.17) is 0 Å². The van der Waals surface area contributed by atoms with Gasteiger partial charge in [-0.05, 0) is 33.8 Å². The van der Waals surface area contributed by atoms with Crippen LogP contribution in [0.4, 0.5) is 14.5 Å². The minimum absolute atomic E-state index is 0.105. The number of ether oxygens (including phenoxy) is 1. The maximum absolute atomic E-state index is 14.6. The Bertz CT molecular complexity index is 639. The molecular formula is C15H20F2N2O5S. The Labute approximate surface area is 147 Å². The van der Waals surface area contributed by atoms with Gasteiger partial charge >= 0.3 is 5.97 Å². The van der Waals surface area contributed by atoms with E-state index in [1.54, 1.807) is 20.8 Å². The fraction of sp³-hybridized carbons (Fsp3) is 0.533.